The zero-order chi connectivity index (χ0) is 15.8. The van der Waals surface area contributed by atoms with E-state index in [0.29, 0.717) is 25.6 Å². The van der Waals surface area contributed by atoms with Gasteiger partial charge in [0.2, 0.25) is 0 Å². The lowest BCUT2D eigenvalue weighted by Crippen LogP contribution is -2.33. The lowest BCUT2D eigenvalue weighted by molar-refractivity contribution is 0.0874. The summed E-state index contributed by atoms with van der Waals surface area (Å²) in [5.41, 5.74) is 2.29. The molecule has 0 aromatic heterocycles. The molecule has 4 nitrogen and oxygen atoms in total. The molecule has 1 aromatic rings. The largest absolute Gasteiger partial charge is 0.395 e. The van der Waals surface area contributed by atoms with Gasteiger partial charge in [0.05, 0.1) is 19.3 Å². The van der Waals surface area contributed by atoms with E-state index < -0.39 is 6.10 Å². The molecule has 1 unspecified atom stereocenters. The summed E-state index contributed by atoms with van der Waals surface area (Å²) in [5.74, 6) is 0.681. The summed E-state index contributed by atoms with van der Waals surface area (Å²) in [5, 5.41) is 28.4. The predicted octanol–water partition coefficient (Wildman–Crippen LogP) is 2.05. The highest BCUT2D eigenvalue weighted by atomic mass is 16.3. The highest BCUT2D eigenvalue weighted by Gasteiger charge is 2.17. The minimum absolute atomic E-state index is 0.0351. The molecule has 0 heterocycles. The number of hydrogen-bond donors (Lipinski definition) is 3. The molecule has 1 aromatic carbocycles. The SMILES string of the molecule is OCCN(CCO)CC(O)c1ccc(C2CCCCC2)cc1. The van der Waals surface area contributed by atoms with Crippen LogP contribution in [0.25, 0.3) is 0 Å². The standard InChI is InChI=1S/C18H29NO3/c20-12-10-19(11-13-21)14-18(22)17-8-6-16(7-9-17)15-4-2-1-3-5-15/h6-9,15,18,20-22H,1-5,10-14H2. The van der Waals surface area contributed by atoms with E-state index >= 15 is 0 Å². The van der Waals surface area contributed by atoms with E-state index in [4.69, 9.17) is 10.2 Å². The lowest BCUT2D eigenvalue weighted by atomic mass is 9.84. The van der Waals surface area contributed by atoms with Gasteiger partial charge in [0, 0.05) is 19.6 Å². The predicted molar refractivity (Wildman–Crippen MR) is 87.8 cm³/mol. The summed E-state index contributed by atoms with van der Waals surface area (Å²) >= 11 is 0. The molecule has 1 fully saturated rings. The molecule has 1 aliphatic rings. The maximum absolute atomic E-state index is 10.3. The molecular formula is C18H29NO3. The molecule has 22 heavy (non-hydrogen) atoms. The Balaban J connectivity index is 1.93. The fraction of sp³-hybridized carbons (Fsp3) is 0.667. The van der Waals surface area contributed by atoms with Crippen LogP contribution in [-0.4, -0.2) is 53.1 Å². The van der Waals surface area contributed by atoms with Crippen LogP contribution in [0.5, 0.6) is 0 Å². The molecule has 1 saturated carbocycles. The third kappa shape index (κ3) is 5.06. The fourth-order valence-electron chi connectivity index (χ4n) is 3.35. The average molecular weight is 307 g/mol. The average Bonchev–Trinajstić information content (AvgIpc) is 2.56. The number of aliphatic hydroxyl groups is 3. The highest BCUT2D eigenvalue weighted by Crippen LogP contribution is 2.33. The summed E-state index contributed by atoms with van der Waals surface area (Å²) in [4.78, 5) is 1.87. The number of benzene rings is 1. The summed E-state index contributed by atoms with van der Waals surface area (Å²) in [6.07, 6.45) is 5.99. The monoisotopic (exact) mass is 307 g/mol. The van der Waals surface area contributed by atoms with Crippen LogP contribution >= 0.6 is 0 Å². The summed E-state index contributed by atoms with van der Waals surface area (Å²) in [7, 11) is 0. The Hall–Kier alpha value is -0.940. The molecule has 3 N–H and O–H groups in total. The van der Waals surface area contributed by atoms with Gasteiger partial charge in [0.1, 0.15) is 0 Å². The van der Waals surface area contributed by atoms with Crippen molar-refractivity contribution in [2.75, 3.05) is 32.8 Å². The van der Waals surface area contributed by atoms with Crippen LogP contribution in [0.2, 0.25) is 0 Å². The number of nitrogens with zero attached hydrogens (tertiary/aromatic N) is 1. The second-order valence-corrected chi connectivity index (χ2v) is 6.27. The Morgan fingerprint density at radius 1 is 0.955 bits per heavy atom. The number of hydrogen-bond acceptors (Lipinski definition) is 4. The van der Waals surface area contributed by atoms with Gasteiger partial charge in [0.25, 0.3) is 0 Å². The molecule has 0 aliphatic heterocycles. The zero-order valence-electron chi connectivity index (χ0n) is 13.3. The van der Waals surface area contributed by atoms with Gasteiger partial charge >= 0.3 is 0 Å². The van der Waals surface area contributed by atoms with Crippen molar-refractivity contribution in [1.29, 1.82) is 0 Å². The van der Waals surface area contributed by atoms with E-state index in [0.717, 1.165) is 5.56 Å². The maximum Gasteiger partial charge on any atom is 0.0916 e. The molecule has 1 aliphatic carbocycles. The Kier molecular flexibility index (Phi) is 7.33. The first-order chi connectivity index (χ1) is 10.7. The Bertz CT molecular complexity index is 409. The Morgan fingerprint density at radius 2 is 1.55 bits per heavy atom. The molecule has 124 valence electrons. The summed E-state index contributed by atoms with van der Waals surface area (Å²) in [6.45, 7) is 1.44. The second-order valence-electron chi connectivity index (χ2n) is 6.27. The molecule has 0 amide bonds. The third-order valence-electron chi connectivity index (χ3n) is 4.66. The Labute approximate surface area is 133 Å². The van der Waals surface area contributed by atoms with Crippen LogP contribution in [0.3, 0.4) is 0 Å². The van der Waals surface area contributed by atoms with Gasteiger partial charge in [-0.15, -0.1) is 0 Å². The molecule has 0 bridgehead atoms. The van der Waals surface area contributed by atoms with Crippen molar-refractivity contribution < 1.29 is 15.3 Å². The summed E-state index contributed by atoms with van der Waals surface area (Å²) < 4.78 is 0. The van der Waals surface area contributed by atoms with Crippen LogP contribution in [0, 0.1) is 0 Å². The van der Waals surface area contributed by atoms with Gasteiger partial charge < -0.3 is 15.3 Å². The highest BCUT2D eigenvalue weighted by molar-refractivity contribution is 5.27. The topological polar surface area (TPSA) is 63.9 Å². The third-order valence-corrected chi connectivity index (χ3v) is 4.66. The van der Waals surface area contributed by atoms with Crippen LogP contribution in [-0.2, 0) is 0 Å². The van der Waals surface area contributed by atoms with Gasteiger partial charge in [-0.25, -0.2) is 0 Å². The van der Waals surface area contributed by atoms with Gasteiger partial charge in [-0.1, -0.05) is 43.5 Å². The molecule has 0 saturated heterocycles. The molecule has 0 radical (unpaired) electrons. The van der Waals surface area contributed by atoms with E-state index in [1.165, 1.54) is 37.7 Å². The molecule has 0 spiro atoms. The number of rotatable bonds is 8. The van der Waals surface area contributed by atoms with E-state index in [-0.39, 0.29) is 13.2 Å². The van der Waals surface area contributed by atoms with Crippen molar-refractivity contribution in [3.05, 3.63) is 35.4 Å². The quantitative estimate of drug-likeness (QED) is 0.688. The summed E-state index contributed by atoms with van der Waals surface area (Å²) in [6, 6.07) is 8.34. The molecule has 1 atom stereocenters. The van der Waals surface area contributed by atoms with Crippen molar-refractivity contribution in [2.45, 2.75) is 44.1 Å². The van der Waals surface area contributed by atoms with Crippen LogP contribution in [0.1, 0.15) is 55.3 Å². The van der Waals surface area contributed by atoms with Crippen LogP contribution in [0.4, 0.5) is 0 Å². The van der Waals surface area contributed by atoms with Crippen molar-refractivity contribution in [1.82, 2.24) is 4.90 Å². The molecule has 4 heteroatoms. The Morgan fingerprint density at radius 3 is 2.09 bits per heavy atom. The first kappa shape index (κ1) is 17.4. The van der Waals surface area contributed by atoms with Gasteiger partial charge in [0.15, 0.2) is 0 Å². The van der Waals surface area contributed by atoms with E-state index in [9.17, 15) is 5.11 Å². The first-order valence-electron chi connectivity index (χ1n) is 8.46. The molecule has 2 rings (SSSR count). The van der Waals surface area contributed by atoms with Crippen LogP contribution < -0.4 is 0 Å². The van der Waals surface area contributed by atoms with E-state index in [1.807, 2.05) is 17.0 Å². The van der Waals surface area contributed by atoms with Crippen molar-refractivity contribution in [3.63, 3.8) is 0 Å². The van der Waals surface area contributed by atoms with Gasteiger partial charge in [-0.2, -0.15) is 0 Å². The van der Waals surface area contributed by atoms with Crippen molar-refractivity contribution >= 4 is 0 Å². The lowest BCUT2D eigenvalue weighted by Gasteiger charge is -2.25. The second kappa shape index (κ2) is 9.26. The smallest absolute Gasteiger partial charge is 0.0916 e. The van der Waals surface area contributed by atoms with Crippen LogP contribution in [0.15, 0.2) is 24.3 Å². The zero-order valence-corrected chi connectivity index (χ0v) is 13.3. The minimum atomic E-state index is -0.585. The first-order valence-corrected chi connectivity index (χ1v) is 8.46. The van der Waals surface area contributed by atoms with E-state index in [2.05, 4.69) is 12.1 Å². The fourth-order valence-corrected chi connectivity index (χ4v) is 3.35. The number of aliphatic hydroxyl groups excluding tert-OH is 3. The van der Waals surface area contributed by atoms with Crippen molar-refractivity contribution in [3.8, 4) is 0 Å². The maximum atomic E-state index is 10.3. The normalized spacial score (nSPS) is 17.8. The van der Waals surface area contributed by atoms with E-state index in [1.54, 1.807) is 0 Å². The van der Waals surface area contributed by atoms with Crippen molar-refractivity contribution in [2.24, 2.45) is 0 Å². The molecular weight excluding hydrogens is 278 g/mol. The van der Waals surface area contributed by atoms with Gasteiger partial charge in [-0.3, -0.25) is 4.90 Å². The minimum Gasteiger partial charge on any atom is -0.395 e. The van der Waals surface area contributed by atoms with Gasteiger partial charge in [-0.05, 0) is 29.9 Å².